The van der Waals surface area contributed by atoms with Crippen molar-refractivity contribution in [2.24, 2.45) is 0 Å². The van der Waals surface area contributed by atoms with Crippen LogP contribution in [0.2, 0.25) is 0 Å². The van der Waals surface area contributed by atoms with Crippen LogP contribution in [0.4, 0.5) is 0 Å². The van der Waals surface area contributed by atoms with Crippen molar-refractivity contribution < 1.29 is 0 Å². The molecule has 3 aliphatic rings. The molecule has 3 aliphatic carbocycles. The van der Waals surface area contributed by atoms with Crippen LogP contribution < -0.4 is 0 Å². The summed E-state index contributed by atoms with van der Waals surface area (Å²) in [5, 5.41) is 5.24. The number of hydrogen-bond acceptors (Lipinski definition) is 0. The lowest BCUT2D eigenvalue weighted by molar-refractivity contribution is 0.660. The topological polar surface area (TPSA) is 0 Å². The van der Waals surface area contributed by atoms with Gasteiger partial charge in [-0.3, -0.25) is 0 Å². The molecule has 0 saturated heterocycles. The Balaban J connectivity index is 0.618. The Morgan fingerprint density at radius 2 is 0.450 bits per heavy atom. The Hall–Kier alpha value is -9.62. The van der Waals surface area contributed by atoms with Gasteiger partial charge in [0.25, 0.3) is 0 Å². The summed E-state index contributed by atoms with van der Waals surface area (Å²) < 4.78 is 0. The van der Waals surface area contributed by atoms with Crippen LogP contribution in [0.3, 0.4) is 0 Å². The minimum atomic E-state index is -0.155. The molecule has 13 aromatic rings. The van der Waals surface area contributed by atoms with E-state index in [0.29, 0.717) is 0 Å². The van der Waals surface area contributed by atoms with E-state index in [-0.39, 0.29) is 10.8 Å². The first-order chi connectivity index (χ1) is 39.1. The third kappa shape index (κ3) is 7.08. The highest BCUT2D eigenvalue weighted by Gasteiger charge is 2.38. The quantitative estimate of drug-likeness (QED) is 0.149. The molecule has 0 unspecified atom stereocenters. The van der Waals surface area contributed by atoms with Crippen LogP contribution in [0.5, 0.6) is 0 Å². The van der Waals surface area contributed by atoms with Gasteiger partial charge in [-0.2, -0.15) is 0 Å². The SMILES string of the molecule is CC1(C)c2cc(-c3ccc(-c4ccc(-c5ccc(-c6ccc7c8c(cccc68)-c6ccccc6-7)cc5)cc4)cc3)ccc2-c2ccc(-c3ccc4c(c3)C(C)(C)c3cc(-c5ccc(-c6cccc7ccccc67)cc5)ccc3-4)cc21. The molecule has 13 aromatic carbocycles. The van der Waals surface area contributed by atoms with E-state index in [1.807, 2.05) is 0 Å². The van der Waals surface area contributed by atoms with Crippen molar-refractivity contribution in [3.8, 4) is 122 Å². The predicted octanol–water partition coefficient (Wildman–Crippen LogP) is 21.9. The van der Waals surface area contributed by atoms with Gasteiger partial charge < -0.3 is 0 Å². The van der Waals surface area contributed by atoms with Crippen molar-refractivity contribution in [2.45, 2.75) is 38.5 Å². The van der Waals surface area contributed by atoms with Gasteiger partial charge in [0.1, 0.15) is 0 Å². The van der Waals surface area contributed by atoms with Gasteiger partial charge in [-0.15, -0.1) is 0 Å². The summed E-state index contributed by atoms with van der Waals surface area (Å²) in [6.07, 6.45) is 0. The van der Waals surface area contributed by atoms with Crippen LogP contribution in [-0.2, 0) is 10.8 Å². The summed E-state index contributed by atoms with van der Waals surface area (Å²) in [4.78, 5) is 0. The molecule has 16 rings (SSSR count). The summed E-state index contributed by atoms with van der Waals surface area (Å²) in [5.41, 5.74) is 33.4. The molecule has 376 valence electrons. The van der Waals surface area contributed by atoms with Crippen LogP contribution in [0.15, 0.2) is 267 Å². The van der Waals surface area contributed by atoms with Crippen LogP contribution in [0.25, 0.3) is 144 Å². The zero-order chi connectivity index (χ0) is 53.4. The summed E-state index contributed by atoms with van der Waals surface area (Å²) in [6.45, 7) is 9.60. The normalized spacial score (nSPS) is 13.7. The van der Waals surface area contributed by atoms with Gasteiger partial charge in [0, 0.05) is 10.8 Å². The Kier molecular flexibility index (Phi) is 10.1. The third-order valence-corrected chi connectivity index (χ3v) is 18.5. The molecule has 0 atom stereocenters. The number of benzene rings is 13. The second-order valence-electron chi connectivity index (χ2n) is 23.6. The molecule has 0 nitrogen and oxygen atoms in total. The smallest absolute Gasteiger partial charge is 0.0159 e. The van der Waals surface area contributed by atoms with E-state index in [1.54, 1.807) is 0 Å². The molecule has 80 heavy (non-hydrogen) atoms. The molecule has 0 radical (unpaired) electrons. The van der Waals surface area contributed by atoms with E-state index < -0.39 is 0 Å². The van der Waals surface area contributed by atoms with Crippen LogP contribution in [0.1, 0.15) is 49.9 Å². The van der Waals surface area contributed by atoms with Gasteiger partial charge in [0.05, 0.1) is 0 Å². The first kappa shape index (κ1) is 46.5. The summed E-state index contributed by atoms with van der Waals surface area (Å²) in [5.74, 6) is 0. The highest BCUT2D eigenvalue weighted by Crippen LogP contribution is 2.54. The van der Waals surface area contributed by atoms with E-state index in [2.05, 4.69) is 295 Å². The molecule has 0 fully saturated rings. The van der Waals surface area contributed by atoms with Gasteiger partial charge in [-0.05, 0) is 190 Å². The molecular formula is C80H56. The molecule has 0 bridgehead atoms. The molecule has 0 spiro atoms. The molecular weight excluding hydrogens is 961 g/mol. The highest BCUT2D eigenvalue weighted by atomic mass is 14.4. The number of hydrogen-bond donors (Lipinski definition) is 0. The minimum Gasteiger partial charge on any atom is -0.0616 e. The van der Waals surface area contributed by atoms with Crippen molar-refractivity contribution in [2.75, 3.05) is 0 Å². The summed E-state index contributed by atoms with van der Waals surface area (Å²) in [7, 11) is 0. The zero-order valence-electron chi connectivity index (χ0n) is 45.4. The van der Waals surface area contributed by atoms with Gasteiger partial charge >= 0.3 is 0 Å². The maximum atomic E-state index is 2.47. The first-order valence-electron chi connectivity index (χ1n) is 28.3. The van der Waals surface area contributed by atoms with Gasteiger partial charge in [0.2, 0.25) is 0 Å². The Morgan fingerprint density at radius 1 is 0.188 bits per heavy atom. The average Bonchev–Trinajstić information content (AvgIpc) is 4.14. The molecule has 0 aliphatic heterocycles. The van der Waals surface area contributed by atoms with Gasteiger partial charge in [0.15, 0.2) is 0 Å². The third-order valence-electron chi connectivity index (χ3n) is 18.5. The molecule has 0 heterocycles. The largest absolute Gasteiger partial charge is 0.0616 e. The first-order valence-corrected chi connectivity index (χ1v) is 28.3. The standard InChI is InChI=1S/C80H56/c1-79(2)74-45-58(53-25-23-51(24-26-53)49-19-21-50(22-20-49)52-27-31-57(32-28-52)64-43-44-73-66-15-8-7-14-65(66)72-18-10-17-71(64)78(72)73)35-39-67(74)69-41-37-60(47-76(69)79)61-38-42-70-68-40-36-59(46-75(68)80(3,4)77(70)48-61)54-29-33-56(34-30-54)63-16-9-12-55-11-5-6-13-62(55)63/h5-48H,1-4H3. The van der Waals surface area contributed by atoms with Crippen molar-refractivity contribution in [3.05, 3.63) is 289 Å². The minimum absolute atomic E-state index is 0.144. The zero-order valence-corrected chi connectivity index (χ0v) is 45.4. The van der Waals surface area contributed by atoms with Crippen molar-refractivity contribution in [1.29, 1.82) is 0 Å². The molecule has 0 aromatic heterocycles. The van der Waals surface area contributed by atoms with E-state index in [1.165, 1.54) is 166 Å². The molecule has 0 heteroatoms. The summed E-state index contributed by atoms with van der Waals surface area (Å²) >= 11 is 0. The van der Waals surface area contributed by atoms with Crippen molar-refractivity contribution in [3.63, 3.8) is 0 Å². The second kappa shape index (κ2) is 17.4. The fourth-order valence-corrected chi connectivity index (χ4v) is 14.1. The lowest BCUT2D eigenvalue weighted by Gasteiger charge is -2.24. The Labute approximate surface area is 469 Å². The van der Waals surface area contributed by atoms with Gasteiger partial charge in [-0.1, -0.05) is 270 Å². The number of fused-ring (bicyclic) bond motifs is 10. The maximum absolute atomic E-state index is 2.47. The van der Waals surface area contributed by atoms with E-state index in [9.17, 15) is 0 Å². The van der Waals surface area contributed by atoms with Crippen LogP contribution >= 0.6 is 0 Å². The molecule has 0 amide bonds. The van der Waals surface area contributed by atoms with Crippen molar-refractivity contribution in [1.82, 2.24) is 0 Å². The van der Waals surface area contributed by atoms with E-state index >= 15 is 0 Å². The fraction of sp³-hybridized carbons (Fsp3) is 0.0750. The van der Waals surface area contributed by atoms with E-state index in [0.717, 1.165) is 0 Å². The molecule has 0 N–H and O–H groups in total. The molecule has 0 saturated carbocycles. The van der Waals surface area contributed by atoms with Crippen LogP contribution in [0, 0.1) is 0 Å². The lowest BCUT2D eigenvalue weighted by Crippen LogP contribution is -2.15. The Morgan fingerprint density at radius 3 is 0.900 bits per heavy atom. The monoisotopic (exact) mass is 1020 g/mol. The van der Waals surface area contributed by atoms with Crippen molar-refractivity contribution >= 4 is 21.5 Å². The summed E-state index contributed by atoms with van der Waals surface area (Å²) in [6, 6.07) is 100. The Bertz CT molecular complexity index is 4660. The second-order valence-corrected chi connectivity index (χ2v) is 23.6. The maximum Gasteiger partial charge on any atom is 0.0159 e. The van der Waals surface area contributed by atoms with Crippen LogP contribution in [-0.4, -0.2) is 0 Å². The lowest BCUT2D eigenvalue weighted by atomic mass is 9.79. The highest BCUT2D eigenvalue weighted by molar-refractivity contribution is 6.18. The van der Waals surface area contributed by atoms with E-state index in [4.69, 9.17) is 0 Å². The fourth-order valence-electron chi connectivity index (χ4n) is 14.1. The van der Waals surface area contributed by atoms with Gasteiger partial charge in [-0.25, -0.2) is 0 Å². The number of rotatable bonds is 7. The predicted molar refractivity (Wildman–Crippen MR) is 339 cm³/mol. The average molecular weight is 1020 g/mol.